The molecule has 1 atom stereocenters. The number of nitrogens with two attached hydrogens (primary N) is 1. The lowest BCUT2D eigenvalue weighted by atomic mass is 10.1. The van der Waals surface area contributed by atoms with Crippen molar-refractivity contribution < 1.29 is 4.39 Å². The van der Waals surface area contributed by atoms with Gasteiger partial charge in [0.2, 0.25) is 0 Å². The van der Waals surface area contributed by atoms with Gasteiger partial charge in [-0.3, -0.25) is 0 Å². The minimum atomic E-state index is -0.497. The number of rotatable bonds is 2. The zero-order valence-corrected chi connectivity index (χ0v) is 6.55. The minimum Gasteiger partial charge on any atom is -0.322 e. The van der Waals surface area contributed by atoms with Crippen LogP contribution in [0.5, 0.6) is 0 Å². The molecule has 1 aromatic rings. The fraction of sp³-hybridized carbons (Fsp3) is 0.333. The molecule has 2 N–H and O–H groups in total. The van der Waals surface area contributed by atoms with Crippen molar-refractivity contribution in [2.24, 2.45) is 5.73 Å². The Bertz CT molecular complexity index is 218. The van der Waals surface area contributed by atoms with E-state index in [9.17, 15) is 4.39 Å². The van der Waals surface area contributed by atoms with Gasteiger partial charge in [0.15, 0.2) is 0 Å². The standard InChI is InChI=1S/C9H12FN/c1-7-2-4-8(5-3-7)9(11)6-10/h2-5,9H,6,11H2,1H3. The summed E-state index contributed by atoms with van der Waals surface area (Å²) in [5.41, 5.74) is 7.50. The number of benzene rings is 1. The summed E-state index contributed by atoms with van der Waals surface area (Å²) in [6.45, 7) is 1.49. The van der Waals surface area contributed by atoms with Crippen molar-refractivity contribution in [1.82, 2.24) is 0 Å². The molecular formula is C9H12FN. The first kappa shape index (κ1) is 8.21. The van der Waals surface area contributed by atoms with E-state index in [1.165, 1.54) is 5.56 Å². The Hall–Kier alpha value is -0.890. The molecule has 0 heterocycles. The second-order valence-corrected chi connectivity index (χ2v) is 2.67. The average molecular weight is 153 g/mol. The molecule has 2 heteroatoms. The zero-order chi connectivity index (χ0) is 8.27. The van der Waals surface area contributed by atoms with Gasteiger partial charge in [-0.2, -0.15) is 0 Å². The largest absolute Gasteiger partial charge is 0.322 e. The Kier molecular flexibility index (Phi) is 2.60. The molecule has 0 saturated heterocycles. The van der Waals surface area contributed by atoms with Crippen molar-refractivity contribution >= 4 is 0 Å². The van der Waals surface area contributed by atoms with Crippen LogP contribution >= 0.6 is 0 Å². The lowest BCUT2D eigenvalue weighted by Crippen LogP contribution is -2.11. The first-order chi connectivity index (χ1) is 5.24. The summed E-state index contributed by atoms with van der Waals surface area (Å²) in [5, 5.41) is 0. The van der Waals surface area contributed by atoms with E-state index in [-0.39, 0.29) is 0 Å². The topological polar surface area (TPSA) is 26.0 Å². The van der Waals surface area contributed by atoms with E-state index in [0.29, 0.717) is 0 Å². The second kappa shape index (κ2) is 3.49. The Morgan fingerprint density at radius 1 is 1.36 bits per heavy atom. The normalized spacial score (nSPS) is 13.0. The first-order valence-corrected chi connectivity index (χ1v) is 3.62. The second-order valence-electron chi connectivity index (χ2n) is 2.67. The maximum atomic E-state index is 12.0. The third-order valence-electron chi connectivity index (χ3n) is 1.67. The fourth-order valence-corrected chi connectivity index (χ4v) is 0.903. The Labute approximate surface area is 66.0 Å². The van der Waals surface area contributed by atoms with Gasteiger partial charge in [-0.05, 0) is 12.5 Å². The van der Waals surface area contributed by atoms with Crippen molar-refractivity contribution in [2.45, 2.75) is 13.0 Å². The molecule has 0 saturated carbocycles. The summed E-state index contributed by atoms with van der Waals surface area (Å²) < 4.78 is 12.0. The fourth-order valence-electron chi connectivity index (χ4n) is 0.903. The Morgan fingerprint density at radius 2 is 1.91 bits per heavy atom. The summed E-state index contributed by atoms with van der Waals surface area (Å²) in [5.74, 6) is 0. The van der Waals surface area contributed by atoms with Gasteiger partial charge in [0.1, 0.15) is 6.67 Å². The molecule has 0 aliphatic heterocycles. The lowest BCUT2D eigenvalue weighted by molar-refractivity contribution is 0.437. The predicted molar refractivity (Wildman–Crippen MR) is 44.1 cm³/mol. The quantitative estimate of drug-likeness (QED) is 0.690. The SMILES string of the molecule is Cc1ccc(C(N)CF)cc1. The zero-order valence-electron chi connectivity index (χ0n) is 6.55. The van der Waals surface area contributed by atoms with E-state index in [1.807, 2.05) is 31.2 Å². The van der Waals surface area contributed by atoms with Crippen LogP contribution in [0.4, 0.5) is 4.39 Å². The van der Waals surface area contributed by atoms with Crippen LogP contribution in [-0.2, 0) is 0 Å². The molecule has 0 amide bonds. The van der Waals surface area contributed by atoms with Crippen LogP contribution in [0.2, 0.25) is 0 Å². The van der Waals surface area contributed by atoms with E-state index in [0.717, 1.165) is 5.56 Å². The monoisotopic (exact) mass is 153 g/mol. The van der Waals surface area contributed by atoms with E-state index < -0.39 is 12.7 Å². The van der Waals surface area contributed by atoms with Crippen molar-refractivity contribution in [3.05, 3.63) is 35.4 Å². The van der Waals surface area contributed by atoms with Crippen LogP contribution in [0.3, 0.4) is 0 Å². The highest BCUT2D eigenvalue weighted by atomic mass is 19.1. The van der Waals surface area contributed by atoms with E-state index >= 15 is 0 Å². The summed E-state index contributed by atoms with van der Waals surface area (Å²) in [4.78, 5) is 0. The third kappa shape index (κ3) is 2.02. The highest BCUT2D eigenvalue weighted by molar-refractivity contribution is 5.23. The first-order valence-electron chi connectivity index (χ1n) is 3.62. The molecule has 0 radical (unpaired) electrons. The van der Waals surface area contributed by atoms with Gasteiger partial charge < -0.3 is 5.73 Å². The van der Waals surface area contributed by atoms with Gasteiger partial charge in [0.05, 0.1) is 6.04 Å². The number of hydrogen-bond acceptors (Lipinski definition) is 1. The molecule has 0 bridgehead atoms. The van der Waals surface area contributed by atoms with Crippen LogP contribution < -0.4 is 5.73 Å². The highest BCUT2D eigenvalue weighted by Crippen LogP contribution is 2.10. The molecule has 0 aliphatic rings. The molecule has 1 rings (SSSR count). The number of halogens is 1. The van der Waals surface area contributed by atoms with Gasteiger partial charge in [-0.1, -0.05) is 29.8 Å². The van der Waals surface area contributed by atoms with Crippen molar-refractivity contribution in [3.8, 4) is 0 Å². The summed E-state index contributed by atoms with van der Waals surface area (Å²) >= 11 is 0. The molecule has 1 nitrogen and oxygen atoms in total. The minimum absolute atomic E-state index is 0.462. The maximum absolute atomic E-state index is 12.0. The van der Waals surface area contributed by atoms with Crippen LogP contribution in [0.1, 0.15) is 17.2 Å². The average Bonchev–Trinajstić information content (AvgIpc) is 2.05. The summed E-state index contributed by atoms with van der Waals surface area (Å²) in [6, 6.07) is 7.13. The van der Waals surface area contributed by atoms with Gasteiger partial charge >= 0.3 is 0 Å². The molecule has 11 heavy (non-hydrogen) atoms. The van der Waals surface area contributed by atoms with Gasteiger partial charge in [-0.25, -0.2) is 4.39 Å². The van der Waals surface area contributed by atoms with Gasteiger partial charge in [0.25, 0.3) is 0 Å². The summed E-state index contributed by atoms with van der Waals surface area (Å²) in [7, 11) is 0. The predicted octanol–water partition coefficient (Wildman–Crippen LogP) is 1.96. The van der Waals surface area contributed by atoms with Crippen LogP contribution in [0.15, 0.2) is 24.3 Å². The van der Waals surface area contributed by atoms with Crippen LogP contribution in [0.25, 0.3) is 0 Å². The van der Waals surface area contributed by atoms with Gasteiger partial charge in [0, 0.05) is 0 Å². The molecule has 0 spiro atoms. The molecule has 60 valence electrons. The van der Waals surface area contributed by atoms with Crippen molar-refractivity contribution in [3.63, 3.8) is 0 Å². The highest BCUT2D eigenvalue weighted by Gasteiger charge is 2.02. The Morgan fingerprint density at radius 3 is 2.36 bits per heavy atom. The number of hydrogen-bond donors (Lipinski definition) is 1. The molecule has 1 aromatic carbocycles. The number of alkyl halides is 1. The molecule has 0 aromatic heterocycles. The third-order valence-corrected chi connectivity index (χ3v) is 1.67. The number of aryl methyl sites for hydroxylation is 1. The molecular weight excluding hydrogens is 141 g/mol. The maximum Gasteiger partial charge on any atom is 0.109 e. The van der Waals surface area contributed by atoms with Crippen LogP contribution in [-0.4, -0.2) is 6.67 Å². The molecule has 0 fully saturated rings. The van der Waals surface area contributed by atoms with Crippen molar-refractivity contribution in [1.29, 1.82) is 0 Å². The smallest absolute Gasteiger partial charge is 0.109 e. The van der Waals surface area contributed by atoms with Crippen molar-refractivity contribution in [2.75, 3.05) is 6.67 Å². The Balaban J connectivity index is 2.81. The molecule has 1 unspecified atom stereocenters. The summed E-state index contributed by atoms with van der Waals surface area (Å²) in [6.07, 6.45) is 0. The van der Waals surface area contributed by atoms with Crippen LogP contribution in [0, 0.1) is 6.92 Å². The van der Waals surface area contributed by atoms with E-state index in [1.54, 1.807) is 0 Å². The van der Waals surface area contributed by atoms with E-state index in [4.69, 9.17) is 5.73 Å². The molecule has 0 aliphatic carbocycles. The van der Waals surface area contributed by atoms with Gasteiger partial charge in [-0.15, -0.1) is 0 Å². The lowest BCUT2D eigenvalue weighted by Gasteiger charge is -2.06. The van der Waals surface area contributed by atoms with E-state index in [2.05, 4.69) is 0 Å².